The molecule has 0 radical (unpaired) electrons. The van der Waals surface area contributed by atoms with Crippen LogP contribution in [0.15, 0.2) is 60.7 Å². The predicted molar refractivity (Wildman–Crippen MR) is 99.5 cm³/mol. The van der Waals surface area contributed by atoms with E-state index in [9.17, 15) is 0 Å². The Morgan fingerprint density at radius 3 is 1.70 bits per heavy atom. The maximum absolute atomic E-state index is 2.49. The first-order chi connectivity index (χ1) is 11.2. The summed E-state index contributed by atoms with van der Waals surface area (Å²) in [5.41, 5.74) is 3.43. The lowest BCUT2D eigenvalue weighted by Gasteiger charge is -2.50. The van der Waals surface area contributed by atoms with Crippen molar-refractivity contribution in [2.75, 3.05) is 0 Å². The van der Waals surface area contributed by atoms with Crippen molar-refractivity contribution in [3.05, 3.63) is 71.8 Å². The van der Waals surface area contributed by atoms with Gasteiger partial charge >= 0.3 is 0 Å². The van der Waals surface area contributed by atoms with Crippen molar-refractivity contribution in [1.29, 1.82) is 0 Å². The van der Waals surface area contributed by atoms with Crippen LogP contribution in [-0.2, 0) is 12.8 Å². The van der Waals surface area contributed by atoms with Crippen molar-refractivity contribution < 1.29 is 0 Å². The number of hydrogen-bond acceptors (Lipinski definition) is 0. The van der Waals surface area contributed by atoms with Crippen LogP contribution in [0.5, 0.6) is 0 Å². The lowest BCUT2D eigenvalue weighted by molar-refractivity contribution is 0.0232. The SMILES string of the molecule is CCC(C)C(Cc1ccccc1)(Cc1ccccc1)C1CCC1. The van der Waals surface area contributed by atoms with E-state index in [0.29, 0.717) is 5.41 Å². The summed E-state index contributed by atoms with van der Waals surface area (Å²) in [5.74, 6) is 1.64. The van der Waals surface area contributed by atoms with Crippen LogP contribution in [0.1, 0.15) is 50.7 Å². The van der Waals surface area contributed by atoms with Crippen molar-refractivity contribution in [3.8, 4) is 0 Å². The van der Waals surface area contributed by atoms with Gasteiger partial charge in [-0.2, -0.15) is 0 Å². The summed E-state index contributed by atoms with van der Waals surface area (Å²) in [6, 6.07) is 22.3. The summed E-state index contributed by atoms with van der Waals surface area (Å²) in [6.45, 7) is 4.86. The molecule has 0 spiro atoms. The van der Waals surface area contributed by atoms with Crippen molar-refractivity contribution >= 4 is 0 Å². The molecule has 122 valence electrons. The zero-order valence-electron chi connectivity index (χ0n) is 14.7. The first-order valence-electron chi connectivity index (χ1n) is 9.32. The van der Waals surface area contributed by atoms with E-state index in [0.717, 1.165) is 11.8 Å². The van der Waals surface area contributed by atoms with Crippen LogP contribution in [0, 0.1) is 17.3 Å². The number of rotatable bonds is 7. The highest BCUT2D eigenvalue weighted by atomic mass is 14.5. The molecular formula is C23H30. The summed E-state index contributed by atoms with van der Waals surface area (Å²) >= 11 is 0. The van der Waals surface area contributed by atoms with Crippen LogP contribution >= 0.6 is 0 Å². The second kappa shape index (κ2) is 7.34. The van der Waals surface area contributed by atoms with E-state index in [-0.39, 0.29) is 0 Å². The highest BCUT2D eigenvalue weighted by molar-refractivity contribution is 5.22. The Morgan fingerprint density at radius 1 is 0.870 bits per heavy atom. The third kappa shape index (κ3) is 3.52. The van der Waals surface area contributed by atoms with E-state index in [4.69, 9.17) is 0 Å². The normalized spacial score (nSPS) is 16.8. The molecule has 0 aliphatic heterocycles. The first-order valence-corrected chi connectivity index (χ1v) is 9.32. The van der Waals surface area contributed by atoms with E-state index in [1.165, 1.54) is 49.7 Å². The highest BCUT2D eigenvalue weighted by Gasteiger charge is 2.44. The Hall–Kier alpha value is -1.56. The second-order valence-electron chi connectivity index (χ2n) is 7.50. The van der Waals surface area contributed by atoms with Gasteiger partial charge in [-0.3, -0.25) is 0 Å². The maximum atomic E-state index is 2.49. The van der Waals surface area contributed by atoms with E-state index in [1.54, 1.807) is 0 Å². The third-order valence-corrected chi connectivity index (χ3v) is 6.26. The summed E-state index contributed by atoms with van der Waals surface area (Å²) in [4.78, 5) is 0. The molecule has 1 fully saturated rings. The Morgan fingerprint density at radius 2 is 1.35 bits per heavy atom. The van der Waals surface area contributed by atoms with Crippen LogP contribution in [0.2, 0.25) is 0 Å². The molecule has 1 aliphatic carbocycles. The zero-order chi connectivity index (χ0) is 16.1. The van der Waals surface area contributed by atoms with E-state index >= 15 is 0 Å². The molecule has 0 N–H and O–H groups in total. The standard InChI is InChI=1S/C23H30/c1-3-19(2)23(22-15-10-16-22,17-20-11-6-4-7-12-20)18-21-13-8-5-9-14-21/h4-9,11-14,19,22H,3,10,15-18H2,1-2H3. The van der Waals surface area contributed by atoms with Gasteiger partial charge in [-0.15, -0.1) is 0 Å². The van der Waals surface area contributed by atoms with Gasteiger partial charge in [-0.05, 0) is 54.1 Å². The first kappa shape index (κ1) is 16.3. The molecule has 0 nitrogen and oxygen atoms in total. The Kier molecular flexibility index (Phi) is 5.20. The zero-order valence-corrected chi connectivity index (χ0v) is 14.7. The molecule has 1 aliphatic rings. The smallest absolute Gasteiger partial charge is 0.0163 e. The van der Waals surface area contributed by atoms with Crippen LogP contribution in [0.3, 0.4) is 0 Å². The number of benzene rings is 2. The molecule has 0 saturated heterocycles. The summed E-state index contributed by atoms with van der Waals surface area (Å²) in [7, 11) is 0. The fourth-order valence-corrected chi connectivity index (χ4v) is 4.44. The summed E-state index contributed by atoms with van der Waals surface area (Å²) < 4.78 is 0. The quantitative estimate of drug-likeness (QED) is 0.562. The molecule has 1 unspecified atom stereocenters. The monoisotopic (exact) mass is 306 g/mol. The van der Waals surface area contributed by atoms with Crippen LogP contribution < -0.4 is 0 Å². The van der Waals surface area contributed by atoms with Gasteiger partial charge in [0.05, 0.1) is 0 Å². The van der Waals surface area contributed by atoms with Crippen LogP contribution in [-0.4, -0.2) is 0 Å². The fourth-order valence-electron chi connectivity index (χ4n) is 4.44. The topological polar surface area (TPSA) is 0 Å². The Bertz CT molecular complexity index is 532. The van der Waals surface area contributed by atoms with Crippen molar-refractivity contribution in [2.45, 2.75) is 52.4 Å². The molecule has 0 heteroatoms. The van der Waals surface area contributed by atoms with Gasteiger partial charge in [0, 0.05) is 0 Å². The Labute approximate surface area is 141 Å². The lowest BCUT2D eigenvalue weighted by atomic mass is 9.55. The van der Waals surface area contributed by atoms with Gasteiger partial charge in [0.15, 0.2) is 0 Å². The van der Waals surface area contributed by atoms with Crippen LogP contribution in [0.25, 0.3) is 0 Å². The highest BCUT2D eigenvalue weighted by Crippen LogP contribution is 2.51. The predicted octanol–water partition coefficient (Wildman–Crippen LogP) is 6.30. The minimum Gasteiger partial charge on any atom is -0.0651 e. The number of hydrogen-bond donors (Lipinski definition) is 0. The van der Waals surface area contributed by atoms with Crippen LogP contribution in [0.4, 0.5) is 0 Å². The molecule has 0 bridgehead atoms. The van der Waals surface area contributed by atoms with E-state index in [1.807, 2.05) is 0 Å². The van der Waals surface area contributed by atoms with Crippen molar-refractivity contribution in [1.82, 2.24) is 0 Å². The molecule has 3 rings (SSSR count). The molecule has 1 saturated carbocycles. The van der Waals surface area contributed by atoms with Gasteiger partial charge < -0.3 is 0 Å². The molecule has 0 amide bonds. The van der Waals surface area contributed by atoms with Gasteiger partial charge in [0.25, 0.3) is 0 Å². The molecule has 23 heavy (non-hydrogen) atoms. The molecule has 2 aromatic rings. The minimum absolute atomic E-state index is 0.412. The molecule has 0 heterocycles. The van der Waals surface area contributed by atoms with Gasteiger partial charge in [0.1, 0.15) is 0 Å². The average Bonchev–Trinajstić information content (AvgIpc) is 2.54. The lowest BCUT2D eigenvalue weighted by Crippen LogP contribution is -2.44. The summed E-state index contributed by atoms with van der Waals surface area (Å²) in [5, 5.41) is 0. The summed E-state index contributed by atoms with van der Waals surface area (Å²) in [6.07, 6.45) is 7.99. The molecule has 0 aromatic heterocycles. The molecule has 2 aromatic carbocycles. The van der Waals surface area contributed by atoms with E-state index < -0.39 is 0 Å². The Balaban J connectivity index is 1.95. The van der Waals surface area contributed by atoms with E-state index in [2.05, 4.69) is 74.5 Å². The minimum atomic E-state index is 0.412. The van der Waals surface area contributed by atoms with Crippen molar-refractivity contribution in [3.63, 3.8) is 0 Å². The van der Waals surface area contributed by atoms with Gasteiger partial charge in [-0.1, -0.05) is 87.4 Å². The fraction of sp³-hybridized carbons (Fsp3) is 0.478. The maximum Gasteiger partial charge on any atom is -0.0163 e. The van der Waals surface area contributed by atoms with Crippen molar-refractivity contribution in [2.24, 2.45) is 17.3 Å². The average molecular weight is 306 g/mol. The van der Waals surface area contributed by atoms with Gasteiger partial charge in [-0.25, -0.2) is 0 Å². The second-order valence-corrected chi connectivity index (χ2v) is 7.50. The third-order valence-electron chi connectivity index (χ3n) is 6.26. The molecular weight excluding hydrogens is 276 g/mol. The molecule has 1 atom stereocenters. The largest absolute Gasteiger partial charge is 0.0651 e. The van der Waals surface area contributed by atoms with Gasteiger partial charge in [0.2, 0.25) is 0 Å².